The SMILES string of the molecule is Cc1ccnc2c1N=C(OC1O[C@H](C(=O)O)[C@@H](O)[C@H](O)[C@H]1O)c1cccnc1N2C1CC1O. The van der Waals surface area contributed by atoms with E-state index in [0.717, 1.165) is 5.56 Å². The van der Waals surface area contributed by atoms with Crippen molar-refractivity contribution < 1.29 is 39.8 Å². The fourth-order valence-corrected chi connectivity index (χ4v) is 3.98. The van der Waals surface area contributed by atoms with Gasteiger partial charge in [0, 0.05) is 12.4 Å². The van der Waals surface area contributed by atoms with Crippen LogP contribution in [0.2, 0.25) is 0 Å². The van der Waals surface area contributed by atoms with Gasteiger partial charge in [0.05, 0.1) is 17.7 Å². The quantitative estimate of drug-likeness (QED) is 0.395. The highest BCUT2D eigenvalue weighted by molar-refractivity contribution is 6.04. The second kappa shape index (κ2) is 8.01. The summed E-state index contributed by atoms with van der Waals surface area (Å²) in [6.07, 6.45) is -5.77. The van der Waals surface area contributed by atoms with Gasteiger partial charge in [0.2, 0.25) is 12.2 Å². The molecule has 2 aromatic rings. The minimum Gasteiger partial charge on any atom is -0.479 e. The van der Waals surface area contributed by atoms with E-state index in [1.807, 2.05) is 6.92 Å². The summed E-state index contributed by atoms with van der Waals surface area (Å²) in [4.78, 5) is 26.7. The summed E-state index contributed by atoms with van der Waals surface area (Å²) in [6, 6.07) is 4.79. The molecule has 12 nitrogen and oxygen atoms in total. The van der Waals surface area contributed by atoms with Crippen molar-refractivity contribution in [3.63, 3.8) is 0 Å². The fraction of sp³-hybridized carbons (Fsp3) is 0.429. The summed E-state index contributed by atoms with van der Waals surface area (Å²) >= 11 is 0. The van der Waals surface area contributed by atoms with Crippen molar-refractivity contribution in [2.45, 2.75) is 56.2 Å². The molecule has 5 rings (SSSR count). The topological polar surface area (TPSA) is 178 Å². The van der Waals surface area contributed by atoms with Crippen LogP contribution in [-0.4, -0.2) is 90.2 Å². The first-order valence-corrected chi connectivity index (χ1v) is 10.3. The molecule has 2 fully saturated rings. The van der Waals surface area contributed by atoms with E-state index in [1.165, 1.54) is 0 Å². The van der Waals surface area contributed by atoms with Crippen LogP contribution in [0.1, 0.15) is 17.5 Å². The van der Waals surface area contributed by atoms with Gasteiger partial charge in [-0.1, -0.05) is 0 Å². The molecule has 3 aliphatic rings. The lowest BCUT2D eigenvalue weighted by Gasteiger charge is -2.38. The van der Waals surface area contributed by atoms with Crippen LogP contribution in [0.4, 0.5) is 17.3 Å². The van der Waals surface area contributed by atoms with Crippen molar-refractivity contribution in [2.24, 2.45) is 4.99 Å². The largest absolute Gasteiger partial charge is 0.479 e. The van der Waals surface area contributed by atoms with Crippen LogP contribution in [0.3, 0.4) is 0 Å². The Balaban J connectivity index is 1.60. The molecule has 0 aromatic carbocycles. The van der Waals surface area contributed by atoms with Crippen molar-refractivity contribution in [3.05, 3.63) is 41.7 Å². The van der Waals surface area contributed by atoms with Crippen LogP contribution in [0.25, 0.3) is 0 Å². The lowest BCUT2D eigenvalue weighted by molar-refractivity contribution is -0.274. The van der Waals surface area contributed by atoms with E-state index in [9.17, 15) is 30.3 Å². The molecule has 1 aliphatic carbocycles. The van der Waals surface area contributed by atoms with E-state index in [0.29, 0.717) is 29.3 Å². The van der Waals surface area contributed by atoms with Crippen molar-refractivity contribution in [1.29, 1.82) is 0 Å². The number of aliphatic carboxylic acids is 1. The van der Waals surface area contributed by atoms with Crippen molar-refractivity contribution >= 4 is 29.2 Å². The lowest BCUT2D eigenvalue weighted by Crippen LogP contribution is -2.60. The number of aromatic nitrogens is 2. The van der Waals surface area contributed by atoms with Gasteiger partial charge in [-0.15, -0.1) is 0 Å². The van der Waals surface area contributed by atoms with Gasteiger partial charge in [-0.25, -0.2) is 19.8 Å². The Labute approximate surface area is 187 Å². The van der Waals surface area contributed by atoms with E-state index in [-0.39, 0.29) is 11.9 Å². The van der Waals surface area contributed by atoms with E-state index < -0.39 is 42.8 Å². The Hall–Kier alpha value is -3.16. The van der Waals surface area contributed by atoms with Gasteiger partial charge in [0.25, 0.3) is 0 Å². The number of carbonyl (C=O) groups is 1. The number of rotatable bonds is 3. The number of pyridine rings is 2. The Kier molecular flexibility index (Phi) is 5.26. The van der Waals surface area contributed by atoms with Crippen LogP contribution in [0, 0.1) is 6.92 Å². The first-order chi connectivity index (χ1) is 15.8. The van der Waals surface area contributed by atoms with Gasteiger partial charge in [0.15, 0.2) is 11.9 Å². The van der Waals surface area contributed by atoms with Crippen LogP contribution in [0.5, 0.6) is 0 Å². The molecule has 33 heavy (non-hydrogen) atoms. The smallest absolute Gasteiger partial charge is 0.335 e. The van der Waals surface area contributed by atoms with Gasteiger partial charge in [0.1, 0.15) is 29.8 Å². The first kappa shape index (κ1) is 21.7. The lowest BCUT2D eigenvalue weighted by atomic mass is 9.99. The predicted molar refractivity (Wildman–Crippen MR) is 111 cm³/mol. The highest BCUT2D eigenvalue weighted by Gasteiger charge is 2.49. The second-order valence-corrected chi connectivity index (χ2v) is 8.18. The van der Waals surface area contributed by atoms with Gasteiger partial charge in [-0.2, -0.15) is 0 Å². The number of anilines is 2. The normalized spacial score (nSPS) is 32.8. The van der Waals surface area contributed by atoms with Crippen LogP contribution < -0.4 is 4.90 Å². The van der Waals surface area contributed by atoms with E-state index in [1.54, 1.807) is 35.5 Å². The van der Waals surface area contributed by atoms with Crippen molar-refractivity contribution in [3.8, 4) is 0 Å². The molecule has 4 heterocycles. The van der Waals surface area contributed by atoms with E-state index >= 15 is 0 Å². The summed E-state index contributed by atoms with van der Waals surface area (Å²) in [5.74, 6) is -0.717. The molecule has 1 saturated carbocycles. The van der Waals surface area contributed by atoms with Crippen molar-refractivity contribution in [2.75, 3.05) is 4.90 Å². The van der Waals surface area contributed by atoms with Crippen LogP contribution in [0.15, 0.2) is 35.6 Å². The molecule has 12 heteroatoms. The summed E-state index contributed by atoms with van der Waals surface area (Å²) in [5, 5.41) is 50.0. The number of hydrogen-bond donors (Lipinski definition) is 5. The second-order valence-electron chi connectivity index (χ2n) is 8.18. The van der Waals surface area contributed by atoms with Crippen LogP contribution >= 0.6 is 0 Å². The number of hydrogen-bond acceptors (Lipinski definition) is 11. The van der Waals surface area contributed by atoms with Gasteiger partial charge < -0.3 is 39.9 Å². The predicted octanol–water partition coefficient (Wildman–Crippen LogP) is -0.643. The number of aliphatic hydroxyl groups excluding tert-OH is 4. The molecule has 174 valence electrons. The molecule has 0 spiro atoms. The molecule has 3 unspecified atom stereocenters. The van der Waals surface area contributed by atoms with Gasteiger partial charge >= 0.3 is 5.97 Å². The average Bonchev–Trinajstić information content (AvgIpc) is 3.53. The molecule has 7 atom stereocenters. The number of fused-ring (bicyclic) bond motifs is 2. The summed E-state index contributed by atoms with van der Waals surface area (Å²) in [6.45, 7) is 1.82. The molecule has 0 radical (unpaired) electrons. The average molecular weight is 458 g/mol. The zero-order valence-electron chi connectivity index (χ0n) is 17.4. The fourth-order valence-electron chi connectivity index (χ4n) is 3.98. The maximum absolute atomic E-state index is 11.5. The van der Waals surface area contributed by atoms with Gasteiger partial charge in [-0.05, 0) is 37.1 Å². The third-order valence-corrected chi connectivity index (χ3v) is 5.89. The maximum atomic E-state index is 11.5. The monoisotopic (exact) mass is 458 g/mol. The highest BCUT2D eigenvalue weighted by atomic mass is 16.7. The first-order valence-electron chi connectivity index (χ1n) is 10.3. The van der Waals surface area contributed by atoms with E-state index in [4.69, 9.17) is 9.47 Å². The molecule has 0 amide bonds. The zero-order chi connectivity index (χ0) is 23.4. The summed E-state index contributed by atoms with van der Waals surface area (Å²) in [5.41, 5.74) is 1.57. The number of nitrogens with zero attached hydrogens (tertiary/aromatic N) is 4. The number of aryl methyl sites for hydroxylation is 1. The van der Waals surface area contributed by atoms with Crippen molar-refractivity contribution in [1.82, 2.24) is 9.97 Å². The number of aliphatic hydroxyl groups is 4. The highest BCUT2D eigenvalue weighted by Crippen LogP contribution is 2.45. The Morgan fingerprint density at radius 2 is 1.82 bits per heavy atom. The minimum absolute atomic E-state index is 0.0510. The maximum Gasteiger partial charge on any atom is 0.335 e. The number of aliphatic imine (C=N–C) groups is 1. The molecule has 5 N–H and O–H groups in total. The Morgan fingerprint density at radius 1 is 1.09 bits per heavy atom. The zero-order valence-corrected chi connectivity index (χ0v) is 17.4. The van der Waals surface area contributed by atoms with Crippen LogP contribution in [-0.2, 0) is 14.3 Å². The molecule has 2 aromatic heterocycles. The van der Waals surface area contributed by atoms with E-state index in [2.05, 4.69) is 15.0 Å². The number of ether oxygens (including phenoxy) is 2. The Morgan fingerprint density at radius 3 is 2.52 bits per heavy atom. The number of carboxylic acid groups (broad SMARTS) is 1. The Bertz CT molecular complexity index is 1130. The minimum atomic E-state index is -1.85. The summed E-state index contributed by atoms with van der Waals surface area (Å²) in [7, 11) is 0. The number of carboxylic acids is 1. The van der Waals surface area contributed by atoms with Gasteiger partial charge in [-0.3, -0.25) is 0 Å². The summed E-state index contributed by atoms with van der Waals surface area (Å²) < 4.78 is 11.1. The standard InChI is InChI=1S/C21H22N4O8/c1-8-4-6-23-18-12(8)24-19(9-3-2-5-22-17(9)25(18)10-7-11(10)26)33-21-15(29)13(27)14(28)16(32-21)20(30)31/h2-6,10-11,13-16,21,26-29H,7H2,1H3,(H,30,31)/t10?,11?,13-,14-,15+,16-,21?/m0/s1. The third kappa shape index (κ3) is 3.61. The molecular weight excluding hydrogens is 436 g/mol. The molecule has 2 aliphatic heterocycles. The third-order valence-electron chi connectivity index (χ3n) is 5.89. The molecular formula is C21H22N4O8. The molecule has 0 bridgehead atoms. The molecule has 1 saturated heterocycles.